The van der Waals surface area contributed by atoms with Gasteiger partial charge in [-0.1, -0.05) is 24.3 Å². The van der Waals surface area contributed by atoms with Crippen molar-refractivity contribution < 1.29 is 9.47 Å². The van der Waals surface area contributed by atoms with Crippen LogP contribution < -0.4 is 20.5 Å². The van der Waals surface area contributed by atoms with Crippen LogP contribution in [-0.4, -0.2) is 44.7 Å². The van der Waals surface area contributed by atoms with E-state index < -0.39 is 0 Å². The molecular weight excluding hydrogens is 340 g/mol. The molecular formula is C21H28N4O2. The summed E-state index contributed by atoms with van der Waals surface area (Å²) in [5, 5.41) is 3.10. The maximum absolute atomic E-state index is 6.00. The predicted molar refractivity (Wildman–Crippen MR) is 110 cm³/mol. The van der Waals surface area contributed by atoms with E-state index in [9.17, 15) is 0 Å². The summed E-state index contributed by atoms with van der Waals surface area (Å²) in [6.07, 6.45) is 2.11. The van der Waals surface area contributed by atoms with Gasteiger partial charge in [0, 0.05) is 37.9 Å². The van der Waals surface area contributed by atoms with Crippen LogP contribution in [-0.2, 0) is 13.0 Å². The maximum Gasteiger partial charge on any atom is 0.193 e. The lowest BCUT2D eigenvalue weighted by Gasteiger charge is -2.28. The van der Waals surface area contributed by atoms with Crippen molar-refractivity contribution in [3.05, 3.63) is 53.6 Å². The largest absolute Gasteiger partial charge is 0.493 e. The number of methoxy groups -OCH3 is 2. The summed E-state index contributed by atoms with van der Waals surface area (Å²) >= 11 is 0. The molecule has 0 radical (unpaired) electrons. The van der Waals surface area contributed by atoms with E-state index in [1.165, 1.54) is 11.1 Å². The highest BCUT2D eigenvalue weighted by Crippen LogP contribution is 2.29. The third-order valence-corrected chi connectivity index (χ3v) is 4.78. The van der Waals surface area contributed by atoms with E-state index in [4.69, 9.17) is 15.2 Å². The first-order valence-electron chi connectivity index (χ1n) is 9.27. The molecule has 0 saturated heterocycles. The second-order valence-electron chi connectivity index (χ2n) is 6.61. The lowest BCUT2D eigenvalue weighted by atomic mass is 10.00. The molecule has 0 saturated carbocycles. The minimum atomic E-state index is 0.409. The zero-order valence-electron chi connectivity index (χ0n) is 16.1. The quantitative estimate of drug-likeness (QED) is 0.447. The van der Waals surface area contributed by atoms with Gasteiger partial charge >= 0.3 is 0 Å². The summed E-state index contributed by atoms with van der Waals surface area (Å²) in [6.45, 7) is 3.87. The Morgan fingerprint density at radius 1 is 1.11 bits per heavy atom. The highest BCUT2D eigenvalue weighted by atomic mass is 16.5. The van der Waals surface area contributed by atoms with Crippen LogP contribution in [0.3, 0.4) is 0 Å². The molecule has 0 fully saturated rings. The van der Waals surface area contributed by atoms with Crippen LogP contribution in [0, 0.1) is 0 Å². The fraction of sp³-hybridized carbons (Fsp3) is 0.381. The molecule has 6 nitrogen and oxygen atoms in total. The third kappa shape index (κ3) is 5.14. The van der Waals surface area contributed by atoms with E-state index in [1.807, 2.05) is 18.2 Å². The van der Waals surface area contributed by atoms with Crippen molar-refractivity contribution in [2.75, 3.05) is 39.2 Å². The van der Waals surface area contributed by atoms with Crippen molar-refractivity contribution in [1.82, 2.24) is 4.90 Å². The molecule has 0 bridgehead atoms. The van der Waals surface area contributed by atoms with Gasteiger partial charge in [-0.3, -0.25) is 9.89 Å². The number of benzene rings is 2. The van der Waals surface area contributed by atoms with Crippen molar-refractivity contribution >= 4 is 11.6 Å². The number of ether oxygens (including phenoxy) is 2. The molecule has 3 rings (SSSR count). The summed E-state index contributed by atoms with van der Waals surface area (Å²) in [5.41, 5.74) is 9.75. The third-order valence-electron chi connectivity index (χ3n) is 4.78. The highest BCUT2D eigenvalue weighted by Gasteiger charge is 2.14. The number of aliphatic imine (C=N–C) groups is 1. The topological polar surface area (TPSA) is 72.1 Å². The number of nitrogens with zero attached hydrogens (tertiary/aromatic N) is 2. The number of rotatable bonds is 7. The monoisotopic (exact) mass is 368 g/mol. The van der Waals surface area contributed by atoms with E-state index in [0.29, 0.717) is 24.0 Å². The van der Waals surface area contributed by atoms with E-state index >= 15 is 0 Å². The van der Waals surface area contributed by atoms with E-state index in [2.05, 4.69) is 39.5 Å². The molecule has 1 aliphatic rings. The van der Waals surface area contributed by atoms with Gasteiger partial charge in [0.1, 0.15) is 0 Å². The number of guanidine groups is 1. The van der Waals surface area contributed by atoms with E-state index in [0.717, 1.165) is 38.2 Å². The lowest BCUT2D eigenvalue weighted by molar-refractivity contribution is 0.253. The summed E-state index contributed by atoms with van der Waals surface area (Å²) in [4.78, 5) is 6.91. The summed E-state index contributed by atoms with van der Waals surface area (Å²) in [5.74, 6) is 1.74. The smallest absolute Gasteiger partial charge is 0.193 e. The van der Waals surface area contributed by atoms with Gasteiger partial charge in [0.25, 0.3) is 0 Å². The first-order chi connectivity index (χ1) is 13.2. The molecule has 1 aliphatic heterocycles. The van der Waals surface area contributed by atoms with Crippen LogP contribution in [0.2, 0.25) is 0 Å². The van der Waals surface area contributed by atoms with Crippen molar-refractivity contribution in [1.29, 1.82) is 0 Å². The van der Waals surface area contributed by atoms with Gasteiger partial charge in [-0.2, -0.15) is 0 Å². The van der Waals surface area contributed by atoms with E-state index in [-0.39, 0.29) is 0 Å². The summed E-state index contributed by atoms with van der Waals surface area (Å²) in [7, 11) is 3.22. The first kappa shape index (κ1) is 19.0. The predicted octanol–water partition coefficient (Wildman–Crippen LogP) is 2.88. The molecule has 0 aliphatic carbocycles. The van der Waals surface area contributed by atoms with Crippen LogP contribution in [0.5, 0.6) is 11.5 Å². The lowest BCUT2D eigenvalue weighted by Crippen LogP contribution is -2.31. The molecule has 2 aromatic carbocycles. The molecule has 0 aromatic heterocycles. The van der Waals surface area contributed by atoms with Gasteiger partial charge in [-0.15, -0.1) is 0 Å². The average Bonchev–Trinajstić information content (AvgIpc) is 2.71. The molecule has 2 aromatic rings. The highest BCUT2D eigenvalue weighted by molar-refractivity contribution is 5.92. The summed E-state index contributed by atoms with van der Waals surface area (Å²) in [6, 6.07) is 14.3. The Morgan fingerprint density at radius 3 is 2.67 bits per heavy atom. The SMILES string of the molecule is COc1ccc(NC(N)=NCCCN2CCc3ccccc3C2)cc1OC. The second-order valence-corrected chi connectivity index (χ2v) is 6.61. The van der Waals surface area contributed by atoms with Gasteiger partial charge in [0.05, 0.1) is 14.2 Å². The molecule has 0 unspecified atom stereocenters. The minimum Gasteiger partial charge on any atom is -0.493 e. The van der Waals surface area contributed by atoms with Gasteiger partial charge in [0.2, 0.25) is 0 Å². The van der Waals surface area contributed by atoms with Crippen LogP contribution in [0.15, 0.2) is 47.5 Å². The van der Waals surface area contributed by atoms with Crippen molar-refractivity contribution in [2.24, 2.45) is 10.7 Å². The summed E-state index contributed by atoms with van der Waals surface area (Å²) < 4.78 is 10.5. The zero-order valence-corrected chi connectivity index (χ0v) is 16.1. The molecule has 0 atom stereocenters. The van der Waals surface area contributed by atoms with Gasteiger partial charge in [0.15, 0.2) is 17.5 Å². The number of hydrogen-bond acceptors (Lipinski definition) is 4. The Hall–Kier alpha value is -2.73. The van der Waals surface area contributed by atoms with Crippen molar-refractivity contribution in [3.8, 4) is 11.5 Å². The molecule has 144 valence electrons. The van der Waals surface area contributed by atoms with Crippen LogP contribution in [0.25, 0.3) is 0 Å². The van der Waals surface area contributed by atoms with Gasteiger partial charge < -0.3 is 20.5 Å². The molecule has 6 heteroatoms. The molecule has 0 amide bonds. The van der Waals surface area contributed by atoms with Crippen molar-refractivity contribution in [2.45, 2.75) is 19.4 Å². The first-order valence-corrected chi connectivity index (χ1v) is 9.27. The van der Waals surface area contributed by atoms with Crippen LogP contribution in [0.1, 0.15) is 17.5 Å². The number of hydrogen-bond donors (Lipinski definition) is 2. The minimum absolute atomic E-state index is 0.409. The second kappa shape index (κ2) is 9.28. The van der Waals surface area contributed by atoms with Crippen molar-refractivity contribution in [3.63, 3.8) is 0 Å². The fourth-order valence-electron chi connectivity index (χ4n) is 3.34. The molecule has 1 heterocycles. The fourth-order valence-corrected chi connectivity index (χ4v) is 3.34. The zero-order chi connectivity index (χ0) is 19.1. The van der Waals surface area contributed by atoms with Crippen LogP contribution >= 0.6 is 0 Å². The Balaban J connectivity index is 1.45. The molecule has 3 N–H and O–H groups in total. The Bertz CT molecular complexity index is 792. The van der Waals surface area contributed by atoms with Crippen LogP contribution in [0.4, 0.5) is 5.69 Å². The Morgan fingerprint density at radius 2 is 1.89 bits per heavy atom. The number of nitrogens with two attached hydrogens (primary N) is 1. The Labute approximate surface area is 161 Å². The van der Waals surface area contributed by atoms with E-state index in [1.54, 1.807) is 14.2 Å². The van der Waals surface area contributed by atoms with Gasteiger partial charge in [-0.25, -0.2) is 0 Å². The average molecular weight is 368 g/mol. The number of nitrogens with one attached hydrogen (secondary N) is 1. The normalized spacial score (nSPS) is 14.5. The molecule has 27 heavy (non-hydrogen) atoms. The Kier molecular flexibility index (Phi) is 6.54. The molecule has 0 spiro atoms. The standard InChI is InChI=1S/C21H28N4O2/c1-26-19-9-8-18(14-20(19)27-2)24-21(22)23-11-5-12-25-13-10-16-6-3-4-7-17(16)15-25/h3-4,6-9,14H,5,10-13,15H2,1-2H3,(H3,22,23,24). The van der Waals surface area contributed by atoms with Gasteiger partial charge in [-0.05, 0) is 36.1 Å². The number of anilines is 1. The maximum atomic E-state index is 6.00. The number of fused-ring (bicyclic) bond motifs is 1.